The van der Waals surface area contributed by atoms with Crippen LogP contribution in [0.25, 0.3) is 0 Å². The van der Waals surface area contributed by atoms with Gasteiger partial charge in [0.15, 0.2) is 0 Å². The number of esters is 1. The van der Waals surface area contributed by atoms with Gasteiger partial charge in [-0.15, -0.1) is 0 Å². The number of ether oxygens (including phenoxy) is 1. The quantitative estimate of drug-likeness (QED) is 0.0335. The molecular weight excluding hydrogens is 622 g/mol. The van der Waals surface area contributed by atoms with E-state index in [1.807, 2.05) is 6.08 Å². The van der Waals surface area contributed by atoms with Gasteiger partial charge in [-0.25, -0.2) is 9.78 Å². The Kier molecular flexibility index (Phi) is 30.3. The number of methoxy groups -OCH3 is 1. The maximum Gasteiger partial charge on any atom is 0.329 e. The molecule has 0 saturated carbocycles. The number of unbranched alkanes of at least 4 members (excludes halogenated alkanes) is 24. The average molecular weight is 698 g/mol. The number of hydrogen-bond donors (Lipinski definition) is 1. The largest absolute Gasteiger partial charge is 0.467 e. The highest BCUT2D eigenvalue weighted by atomic mass is 16.5. The molecule has 0 aliphatic heterocycles. The smallest absolute Gasteiger partial charge is 0.329 e. The molecule has 0 radical (unpaired) electrons. The molecule has 1 rings (SSSR count). The Balaban J connectivity index is 2.44. The molecule has 7 nitrogen and oxygen atoms in total. The highest BCUT2D eigenvalue weighted by Gasteiger charge is 2.34. The van der Waals surface area contributed by atoms with E-state index >= 15 is 0 Å². The maximum atomic E-state index is 13.5. The number of carbonyl (C=O) groups is 3. The minimum Gasteiger partial charge on any atom is -0.467 e. The van der Waals surface area contributed by atoms with Crippen LogP contribution < -0.4 is 0 Å². The summed E-state index contributed by atoms with van der Waals surface area (Å²) in [6.07, 6.45) is 44.4. The molecule has 0 unspecified atom stereocenters. The standard InChI is InChI=1S/C43H75N3O4/c1-4-6-8-10-12-14-16-18-20-22-24-26-28-30-32-34-41(47)46(40(43(49)50-3)36-39-37-44-38-45-39)42(48)35-33-31-29-27-25-23-21-19-17-15-13-11-9-7-5-2/h18,20,33,35,37-38,40H,4-17,19,21-32,34,36H2,1-3H3,(H,44,45)/b20-18-,35-33?/t40-/m0/s1. The summed E-state index contributed by atoms with van der Waals surface area (Å²) >= 11 is 0. The summed E-state index contributed by atoms with van der Waals surface area (Å²) < 4.78 is 5.06. The fraction of sp³-hybridized carbons (Fsp3) is 0.767. The Morgan fingerprint density at radius 2 is 1.10 bits per heavy atom. The summed E-state index contributed by atoms with van der Waals surface area (Å²) in [4.78, 5) is 48.0. The van der Waals surface area contributed by atoms with Crippen LogP contribution >= 0.6 is 0 Å². The normalized spacial score (nSPS) is 12.2. The van der Waals surface area contributed by atoms with Crippen LogP contribution in [0.3, 0.4) is 0 Å². The van der Waals surface area contributed by atoms with Gasteiger partial charge in [-0.2, -0.15) is 0 Å². The van der Waals surface area contributed by atoms with Crippen molar-refractivity contribution >= 4 is 17.8 Å². The van der Waals surface area contributed by atoms with Crippen LogP contribution in [0.2, 0.25) is 0 Å². The molecule has 7 heteroatoms. The van der Waals surface area contributed by atoms with E-state index in [0.717, 1.165) is 56.3 Å². The number of nitrogens with zero attached hydrogens (tertiary/aromatic N) is 2. The molecule has 1 N–H and O–H groups in total. The highest BCUT2D eigenvalue weighted by Crippen LogP contribution is 2.17. The lowest BCUT2D eigenvalue weighted by molar-refractivity contribution is -0.158. The molecule has 2 amide bonds. The summed E-state index contributed by atoms with van der Waals surface area (Å²) in [7, 11) is 1.30. The van der Waals surface area contributed by atoms with Gasteiger partial charge in [-0.3, -0.25) is 14.5 Å². The van der Waals surface area contributed by atoms with Crippen molar-refractivity contribution in [2.45, 2.75) is 206 Å². The molecule has 0 fully saturated rings. The van der Waals surface area contributed by atoms with Crippen LogP contribution in [0.4, 0.5) is 0 Å². The number of carbonyl (C=O) groups excluding carboxylic acids is 3. The van der Waals surface area contributed by atoms with E-state index in [1.54, 1.807) is 6.20 Å². The molecule has 0 aliphatic carbocycles. The molecule has 1 aromatic heterocycles. The lowest BCUT2D eigenvalue weighted by Crippen LogP contribution is -2.49. The predicted molar refractivity (Wildman–Crippen MR) is 209 cm³/mol. The van der Waals surface area contributed by atoms with Gasteiger partial charge < -0.3 is 9.72 Å². The summed E-state index contributed by atoms with van der Waals surface area (Å²) in [5.41, 5.74) is 0.669. The van der Waals surface area contributed by atoms with Crippen LogP contribution in [0.5, 0.6) is 0 Å². The molecule has 1 aromatic rings. The third kappa shape index (κ3) is 24.4. The zero-order valence-electron chi connectivity index (χ0n) is 32.6. The minimum absolute atomic E-state index is 0.142. The van der Waals surface area contributed by atoms with E-state index < -0.39 is 17.9 Å². The van der Waals surface area contributed by atoms with E-state index in [9.17, 15) is 14.4 Å². The summed E-state index contributed by atoms with van der Waals surface area (Å²) in [5.74, 6) is -1.38. The Bertz CT molecular complexity index is 1000. The first kappa shape index (κ1) is 45.3. The maximum absolute atomic E-state index is 13.5. The van der Waals surface area contributed by atoms with E-state index in [0.29, 0.717) is 12.1 Å². The molecule has 1 heterocycles. The van der Waals surface area contributed by atoms with Gasteiger partial charge >= 0.3 is 5.97 Å². The lowest BCUT2D eigenvalue weighted by Gasteiger charge is -2.27. The van der Waals surface area contributed by atoms with Crippen molar-refractivity contribution in [3.63, 3.8) is 0 Å². The number of hydrogen-bond acceptors (Lipinski definition) is 5. The SMILES string of the molecule is CCCCCCCC/C=C\CCCCCCCC(=O)N(C(=O)C=CCCCCCCCCCCCCCCC)[C@@H](Cc1cnc[nH]1)C(=O)OC. The fourth-order valence-electron chi connectivity index (χ4n) is 6.48. The molecular formula is C43H75N3O4. The van der Waals surface area contributed by atoms with Crippen molar-refractivity contribution in [1.29, 1.82) is 0 Å². The van der Waals surface area contributed by atoms with Crippen molar-refractivity contribution in [3.05, 3.63) is 42.5 Å². The highest BCUT2D eigenvalue weighted by molar-refractivity contribution is 6.04. The molecule has 0 bridgehead atoms. The van der Waals surface area contributed by atoms with Crippen LogP contribution in [0, 0.1) is 0 Å². The third-order valence-corrected chi connectivity index (χ3v) is 9.65. The zero-order chi connectivity index (χ0) is 36.3. The van der Waals surface area contributed by atoms with Gasteiger partial charge in [-0.05, 0) is 51.0 Å². The Morgan fingerprint density at radius 3 is 1.54 bits per heavy atom. The number of rotatable bonds is 34. The average Bonchev–Trinajstić information content (AvgIpc) is 3.64. The zero-order valence-corrected chi connectivity index (χ0v) is 32.6. The van der Waals surface area contributed by atoms with E-state index in [2.05, 4.69) is 36.0 Å². The van der Waals surface area contributed by atoms with Gasteiger partial charge in [-0.1, -0.05) is 160 Å². The fourth-order valence-corrected chi connectivity index (χ4v) is 6.48. The first-order valence-electron chi connectivity index (χ1n) is 20.8. The van der Waals surface area contributed by atoms with E-state index in [-0.39, 0.29) is 18.7 Å². The monoisotopic (exact) mass is 698 g/mol. The molecule has 50 heavy (non-hydrogen) atoms. The number of aromatic nitrogens is 2. The summed E-state index contributed by atoms with van der Waals surface area (Å²) in [5, 5.41) is 0. The van der Waals surface area contributed by atoms with Crippen molar-refractivity contribution in [2.75, 3.05) is 7.11 Å². The molecule has 0 aliphatic rings. The minimum atomic E-state index is -1.04. The molecule has 0 spiro atoms. The second kappa shape index (κ2) is 33.4. The van der Waals surface area contributed by atoms with Crippen LogP contribution in [-0.2, 0) is 25.5 Å². The summed E-state index contributed by atoms with van der Waals surface area (Å²) in [6.45, 7) is 4.52. The lowest BCUT2D eigenvalue weighted by atomic mass is 10.0. The van der Waals surface area contributed by atoms with Crippen LogP contribution in [-0.4, -0.2) is 45.8 Å². The Hall–Kier alpha value is -2.70. The van der Waals surface area contributed by atoms with Crippen LogP contribution in [0.1, 0.15) is 199 Å². The van der Waals surface area contributed by atoms with Crippen molar-refractivity contribution in [3.8, 4) is 0 Å². The van der Waals surface area contributed by atoms with E-state index in [4.69, 9.17) is 4.74 Å². The van der Waals surface area contributed by atoms with Gasteiger partial charge in [0.05, 0.1) is 13.4 Å². The van der Waals surface area contributed by atoms with E-state index in [1.165, 1.54) is 135 Å². The first-order chi connectivity index (χ1) is 24.5. The van der Waals surface area contributed by atoms with Crippen molar-refractivity contribution in [2.24, 2.45) is 0 Å². The van der Waals surface area contributed by atoms with Crippen molar-refractivity contribution < 1.29 is 19.1 Å². The number of nitrogens with one attached hydrogen (secondary N) is 1. The van der Waals surface area contributed by atoms with Gasteiger partial charge in [0.2, 0.25) is 5.91 Å². The Labute approximate surface area is 306 Å². The number of imidazole rings is 1. The van der Waals surface area contributed by atoms with Gasteiger partial charge in [0, 0.05) is 24.7 Å². The number of allylic oxidation sites excluding steroid dienone is 3. The molecule has 0 saturated heterocycles. The first-order valence-corrected chi connectivity index (χ1v) is 20.8. The number of H-pyrrole nitrogens is 1. The topological polar surface area (TPSA) is 92.4 Å². The van der Waals surface area contributed by atoms with Crippen molar-refractivity contribution in [1.82, 2.24) is 14.9 Å². The predicted octanol–water partition coefficient (Wildman–Crippen LogP) is 11.9. The second-order valence-electron chi connectivity index (χ2n) is 14.2. The second-order valence-corrected chi connectivity index (χ2v) is 14.2. The number of imide groups is 1. The molecule has 286 valence electrons. The van der Waals surface area contributed by atoms with Crippen LogP contribution in [0.15, 0.2) is 36.8 Å². The third-order valence-electron chi connectivity index (χ3n) is 9.65. The number of aromatic amines is 1. The number of amides is 2. The summed E-state index contributed by atoms with van der Waals surface area (Å²) in [6, 6.07) is -1.04. The van der Waals surface area contributed by atoms with Gasteiger partial charge in [0.1, 0.15) is 6.04 Å². The molecule has 1 atom stereocenters. The van der Waals surface area contributed by atoms with Gasteiger partial charge in [0.25, 0.3) is 5.91 Å². The molecule has 0 aromatic carbocycles. The Morgan fingerprint density at radius 1 is 0.660 bits per heavy atom.